The molecule has 1 fully saturated rings. The molecule has 0 bridgehead atoms. The monoisotopic (exact) mass is 291 g/mol. The lowest BCUT2D eigenvalue weighted by molar-refractivity contribution is 0.0463. The van der Waals surface area contributed by atoms with Gasteiger partial charge < -0.3 is 15.4 Å². The first kappa shape index (κ1) is 15.8. The first-order valence-corrected chi connectivity index (χ1v) is 7.49. The highest BCUT2D eigenvalue weighted by molar-refractivity contribution is 5.68. The van der Waals surface area contributed by atoms with Gasteiger partial charge >= 0.3 is 6.09 Å². The average Bonchev–Trinajstić information content (AvgIpc) is 2.35. The van der Waals surface area contributed by atoms with Crippen LogP contribution in [0.15, 0.2) is 24.5 Å². The second-order valence-electron chi connectivity index (χ2n) is 6.69. The van der Waals surface area contributed by atoms with E-state index in [1.54, 1.807) is 6.20 Å². The van der Waals surface area contributed by atoms with Gasteiger partial charge in [-0.15, -0.1) is 0 Å². The van der Waals surface area contributed by atoms with Gasteiger partial charge in [-0.2, -0.15) is 0 Å². The minimum atomic E-state index is -0.444. The van der Waals surface area contributed by atoms with Crippen molar-refractivity contribution in [3.05, 3.63) is 30.1 Å². The minimum Gasteiger partial charge on any atom is -0.444 e. The molecule has 0 aromatic carbocycles. The van der Waals surface area contributed by atoms with Gasteiger partial charge in [0.2, 0.25) is 0 Å². The molecule has 0 saturated heterocycles. The summed E-state index contributed by atoms with van der Waals surface area (Å²) in [6, 6.07) is 4.92. The number of hydrogen-bond acceptors (Lipinski definition) is 4. The van der Waals surface area contributed by atoms with Gasteiger partial charge in [-0.05, 0) is 52.2 Å². The van der Waals surface area contributed by atoms with Crippen LogP contribution in [0.3, 0.4) is 0 Å². The summed E-state index contributed by atoms with van der Waals surface area (Å²) in [5.41, 5.74) is 0.737. The second kappa shape index (κ2) is 6.43. The quantitative estimate of drug-likeness (QED) is 0.895. The molecule has 1 aliphatic rings. The van der Waals surface area contributed by atoms with Gasteiger partial charge in [-0.3, -0.25) is 4.98 Å². The molecule has 1 atom stereocenters. The molecule has 5 heteroatoms. The third-order valence-electron chi connectivity index (χ3n) is 3.53. The fourth-order valence-corrected chi connectivity index (χ4v) is 2.43. The van der Waals surface area contributed by atoms with Crippen LogP contribution in [0.5, 0.6) is 0 Å². The summed E-state index contributed by atoms with van der Waals surface area (Å²) in [4.78, 5) is 15.8. The maximum atomic E-state index is 11.7. The summed E-state index contributed by atoms with van der Waals surface area (Å²) < 4.78 is 5.25. The number of nitrogens with zero attached hydrogens (tertiary/aromatic N) is 1. The summed E-state index contributed by atoms with van der Waals surface area (Å²) in [7, 11) is 0. The Morgan fingerprint density at radius 1 is 1.38 bits per heavy atom. The summed E-state index contributed by atoms with van der Waals surface area (Å²) in [5, 5.41) is 6.45. The normalized spacial score (nSPS) is 23.0. The van der Waals surface area contributed by atoms with E-state index in [2.05, 4.69) is 28.6 Å². The summed E-state index contributed by atoms with van der Waals surface area (Å²) in [5.74, 6) is 0. The summed E-state index contributed by atoms with van der Waals surface area (Å²) >= 11 is 0. The predicted octanol–water partition coefficient (Wildman–Crippen LogP) is 2.79. The molecule has 0 aliphatic heterocycles. The number of hydrogen-bond donors (Lipinski definition) is 2. The number of ether oxygens (including phenoxy) is 1. The number of carbonyl (C=O) groups excluding carboxylic acids is 1. The van der Waals surface area contributed by atoms with E-state index in [0.29, 0.717) is 6.04 Å². The maximum Gasteiger partial charge on any atom is 0.407 e. The summed E-state index contributed by atoms with van der Waals surface area (Å²) in [6.45, 7) is 7.74. The molecule has 1 aromatic heterocycles. The van der Waals surface area contributed by atoms with Crippen LogP contribution in [0.25, 0.3) is 0 Å². The van der Waals surface area contributed by atoms with E-state index in [-0.39, 0.29) is 18.2 Å². The minimum absolute atomic E-state index is 0.207. The van der Waals surface area contributed by atoms with Crippen LogP contribution in [0.1, 0.15) is 52.1 Å². The van der Waals surface area contributed by atoms with Crippen LogP contribution < -0.4 is 10.6 Å². The van der Waals surface area contributed by atoms with Crippen LogP contribution in [-0.4, -0.2) is 28.8 Å². The first-order valence-electron chi connectivity index (χ1n) is 7.49. The SMILES string of the molecule is C[C@H](NC1CC(NC(=O)OC(C)(C)C)C1)c1cccnc1. The van der Waals surface area contributed by atoms with Gasteiger partial charge in [0.15, 0.2) is 0 Å². The molecule has 1 heterocycles. The van der Waals surface area contributed by atoms with E-state index in [0.717, 1.165) is 12.8 Å². The van der Waals surface area contributed by atoms with Gasteiger partial charge in [0.05, 0.1) is 0 Å². The lowest BCUT2D eigenvalue weighted by Crippen LogP contribution is -2.53. The number of aromatic nitrogens is 1. The standard InChI is InChI=1S/C16H25N3O2/c1-11(12-6-5-7-17-10-12)18-13-8-14(9-13)19-15(20)21-16(2,3)4/h5-7,10-11,13-14,18H,8-9H2,1-4H3,(H,19,20)/t11-,13?,14?/m0/s1. The molecule has 0 radical (unpaired) electrons. The zero-order valence-electron chi connectivity index (χ0n) is 13.2. The average molecular weight is 291 g/mol. The van der Waals surface area contributed by atoms with Crippen molar-refractivity contribution in [1.29, 1.82) is 0 Å². The summed E-state index contributed by atoms with van der Waals surface area (Å²) in [6.07, 6.45) is 5.20. The largest absolute Gasteiger partial charge is 0.444 e. The van der Waals surface area contributed by atoms with Crippen molar-refractivity contribution in [3.63, 3.8) is 0 Å². The first-order chi connectivity index (χ1) is 9.83. The molecular weight excluding hydrogens is 266 g/mol. The lowest BCUT2D eigenvalue weighted by Gasteiger charge is -2.38. The molecule has 1 aliphatic carbocycles. The third-order valence-corrected chi connectivity index (χ3v) is 3.53. The molecule has 0 unspecified atom stereocenters. The van der Waals surface area contributed by atoms with E-state index in [1.165, 1.54) is 5.56 Å². The molecule has 116 valence electrons. The van der Waals surface area contributed by atoms with Crippen LogP contribution in [0.2, 0.25) is 0 Å². The van der Waals surface area contributed by atoms with Crippen molar-refractivity contribution in [3.8, 4) is 0 Å². The maximum absolute atomic E-state index is 11.7. The van der Waals surface area contributed by atoms with E-state index < -0.39 is 5.60 Å². The number of amides is 1. The number of alkyl carbamates (subject to hydrolysis) is 1. The second-order valence-corrected chi connectivity index (χ2v) is 6.69. The fourth-order valence-electron chi connectivity index (χ4n) is 2.43. The predicted molar refractivity (Wildman–Crippen MR) is 82.0 cm³/mol. The van der Waals surface area contributed by atoms with Gasteiger partial charge in [-0.25, -0.2) is 4.79 Å². The van der Waals surface area contributed by atoms with Crippen molar-refractivity contribution >= 4 is 6.09 Å². The van der Waals surface area contributed by atoms with Crippen molar-refractivity contribution in [2.45, 2.75) is 64.3 Å². The molecular formula is C16H25N3O2. The van der Waals surface area contributed by atoms with E-state index in [4.69, 9.17) is 4.74 Å². The highest BCUT2D eigenvalue weighted by Crippen LogP contribution is 2.24. The smallest absolute Gasteiger partial charge is 0.407 e. The fraction of sp³-hybridized carbons (Fsp3) is 0.625. The zero-order valence-corrected chi connectivity index (χ0v) is 13.2. The Morgan fingerprint density at radius 3 is 2.67 bits per heavy atom. The van der Waals surface area contributed by atoms with E-state index in [9.17, 15) is 4.79 Å². The van der Waals surface area contributed by atoms with Crippen molar-refractivity contribution < 1.29 is 9.53 Å². The van der Waals surface area contributed by atoms with E-state index >= 15 is 0 Å². The third kappa shape index (κ3) is 5.01. The van der Waals surface area contributed by atoms with Crippen LogP contribution in [0.4, 0.5) is 4.79 Å². The van der Waals surface area contributed by atoms with Gasteiger partial charge in [0.1, 0.15) is 5.60 Å². The molecule has 5 nitrogen and oxygen atoms in total. The van der Waals surface area contributed by atoms with Crippen molar-refractivity contribution in [1.82, 2.24) is 15.6 Å². The van der Waals surface area contributed by atoms with Crippen LogP contribution in [0, 0.1) is 0 Å². The Balaban J connectivity index is 1.69. The Labute approximate surface area is 126 Å². The lowest BCUT2D eigenvalue weighted by atomic mass is 9.86. The Morgan fingerprint density at radius 2 is 2.10 bits per heavy atom. The van der Waals surface area contributed by atoms with Crippen molar-refractivity contribution in [2.75, 3.05) is 0 Å². The van der Waals surface area contributed by atoms with E-state index in [1.807, 2.05) is 33.0 Å². The Kier molecular flexibility index (Phi) is 4.83. The molecule has 21 heavy (non-hydrogen) atoms. The molecule has 1 amide bonds. The Hall–Kier alpha value is -1.62. The van der Waals surface area contributed by atoms with Gasteiger partial charge in [0, 0.05) is 30.5 Å². The Bertz CT molecular complexity index is 464. The molecule has 1 saturated carbocycles. The van der Waals surface area contributed by atoms with Crippen LogP contribution >= 0.6 is 0 Å². The zero-order chi connectivity index (χ0) is 15.5. The van der Waals surface area contributed by atoms with Gasteiger partial charge in [0.25, 0.3) is 0 Å². The molecule has 2 N–H and O–H groups in total. The number of carbonyl (C=O) groups is 1. The number of rotatable bonds is 4. The molecule has 2 rings (SSSR count). The number of pyridine rings is 1. The highest BCUT2D eigenvalue weighted by atomic mass is 16.6. The van der Waals surface area contributed by atoms with Gasteiger partial charge in [-0.1, -0.05) is 6.07 Å². The highest BCUT2D eigenvalue weighted by Gasteiger charge is 2.32. The van der Waals surface area contributed by atoms with Crippen molar-refractivity contribution in [2.24, 2.45) is 0 Å². The van der Waals surface area contributed by atoms with Crippen LogP contribution in [-0.2, 0) is 4.74 Å². The topological polar surface area (TPSA) is 63.2 Å². The number of nitrogens with one attached hydrogen (secondary N) is 2. The molecule has 1 aromatic rings. The molecule has 0 spiro atoms.